The molecule has 1 N–H and O–H groups in total. The number of aromatic nitrogens is 3. The maximum Gasteiger partial charge on any atom is 0.138 e. The molecule has 0 fully saturated rings. The van der Waals surface area contributed by atoms with E-state index in [9.17, 15) is 5.11 Å². The molecule has 4 nitrogen and oxygen atoms in total. The number of nitrogens with zero attached hydrogens (tertiary/aromatic N) is 3. The first-order chi connectivity index (χ1) is 8.68. The quantitative estimate of drug-likeness (QED) is 0.817. The summed E-state index contributed by atoms with van der Waals surface area (Å²) in [6, 6.07) is 5.57. The Balaban J connectivity index is 2.20. The third-order valence-electron chi connectivity index (χ3n) is 2.56. The summed E-state index contributed by atoms with van der Waals surface area (Å²) in [7, 11) is 0. The highest BCUT2D eigenvalue weighted by Crippen LogP contribution is 2.14. The molecule has 2 atom stereocenters. The minimum Gasteiger partial charge on any atom is -0.385 e. The maximum absolute atomic E-state index is 9.58. The fourth-order valence-corrected chi connectivity index (χ4v) is 1.66. The average Bonchev–Trinajstić information content (AvgIpc) is 2.86. The van der Waals surface area contributed by atoms with Gasteiger partial charge in [-0.25, -0.2) is 9.97 Å². The Morgan fingerprint density at radius 3 is 2.72 bits per heavy atom. The predicted molar refractivity (Wildman–Crippen MR) is 68.7 cm³/mol. The van der Waals surface area contributed by atoms with Gasteiger partial charge in [0.05, 0.1) is 6.04 Å². The van der Waals surface area contributed by atoms with E-state index in [-0.39, 0.29) is 6.04 Å². The Morgan fingerprint density at radius 1 is 1.22 bits per heavy atom. The van der Waals surface area contributed by atoms with Gasteiger partial charge in [-0.15, -0.1) is 0 Å². The van der Waals surface area contributed by atoms with Crippen LogP contribution in [0.25, 0.3) is 0 Å². The van der Waals surface area contributed by atoms with Crippen LogP contribution >= 0.6 is 0 Å². The SMILES string of the molecule is CC(C#Cc1ccccn1)n1ccnc1[C@H](C)O. The van der Waals surface area contributed by atoms with E-state index in [2.05, 4.69) is 21.8 Å². The lowest BCUT2D eigenvalue weighted by molar-refractivity contribution is 0.183. The van der Waals surface area contributed by atoms with Crippen LogP contribution in [0.3, 0.4) is 0 Å². The molecule has 0 aromatic carbocycles. The van der Waals surface area contributed by atoms with Crippen LogP contribution < -0.4 is 0 Å². The summed E-state index contributed by atoms with van der Waals surface area (Å²) in [4.78, 5) is 8.26. The zero-order valence-corrected chi connectivity index (χ0v) is 10.4. The van der Waals surface area contributed by atoms with Crippen molar-refractivity contribution in [2.45, 2.75) is 26.0 Å². The molecule has 1 unspecified atom stereocenters. The minimum atomic E-state index is -0.598. The molecule has 0 aliphatic carbocycles. The smallest absolute Gasteiger partial charge is 0.138 e. The zero-order valence-electron chi connectivity index (χ0n) is 10.4. The van der Waals surface area contributed by atoms with E-state index in [0.29, 0.717) is 5.82 Å². The third kappa shape index (κ3) is 2.76. The third-order valence-corrected chi connectivity index (χ3v) is 2.56. The molecule has 0 radical (unpaired) electrons. The molecule has 18 heavy (non-hydrogen) atoms. The first-order valence-corrected chi connectivity index (χ1v) is 5.82. The highest BCUT2D eigenvalue weighted by Gasteiger charge is 2.11. The molecule has 4 heteroatoms. The number of hydrogen-bond acceptors (Lipinski definition) is 3. The van der Waals surface area contributed by atoms with Crippen molar-refractivity contribution in [2.24, 2.45) is 0 Å². The standard InChI is InChI=1S/C14H15N3O/c1-11(6-7-13-5-3-4-8-15-13)17-10-9-16-14(17)12(2)18/h3-5,8-12,18H,1-2H3/t11?,12-/m0/s1. The van der Waals surface area contributed by atoms with Crippen LogP contribution in [0.15, 0.2) is 36.8 Å². The molecule has 0 saturated heterocycles. The largest absolute Gasteiger partial charge is 0.385 e. The monoisotopic (exact) mass is 241 g/mol. The number of hydrogen-bond donors (Lipinski definition) is 1. The average molecular weight is 241 g/mol. The summed E-state index contributed by atoms with van der Waals surface area (Å²) in [5, 5.41) is 9.58. The van der Waals surface area contributed by atoms with E-state index in [1.807, 2.05) is 35.9 Å². The second-order valence-corrected chi connectivity index (χ2v) is 4.03. The summed E-state index contributed by atoms with van der Waals surface area (Å²) in [5.74, 6) is 6.73. The van der Waals surface area contributed by atoms with Crippen LogP contribution in [0.5, 0.6) is 0 Å². The summed E-state index contributed by atoms with van der Waals surface area (Å²) in [6.07, 6.45) is 4.60. The van der Waals surface area contributed by atoms with Gasteiger partial charge in [0.15, 0.2) is 0 Å². The van der Waals surface area contributed by atoms with Crippen LogP contribution in [0.4, 0.5) is 0 Å². The van der Waals surface area contributed by atoms with Gasteiger partial charge in [0.2, 0.25) is 0 Å². The van der Waals surface area contributed by atoms with E-state index < -0.39 is 6.10 Å². The second-order valence-electron chi connectivity index (χ2n) is 4.03. The second kappa shape index (κ2) is 5.48. The Hall–Kier alpha value is -2.12. The van der Waals surface area contributed by atoms with Crippen molar-refractivity contribution in [2.75, 3.05) is 0 Å². The zero-order chi connectivity index (χ0) is 13.0. The molecule has 0 amide bonds. The Kier molecular flexibility index (Phi) is 3.75. The van der Waals surface area contributed by atoms with Crippen molar-refractivity contribution in [3.8, 4) is 11.8 Å². The topological polar surface area (TPSA) is 50.9 Å². The molecule has 2 aromatic heterocycles. The highest BCUT2D eigenvalue weighted by atomic mass is 16.3. The van der Waals surface area contributed by atoms with Crippen LogP contribution in [0, 0.1) is 11.8 Å². The number of pyridine rings is 1. The maximum atomic E-state index is 9.58. The van der Waals surface area contributed by atoms with Crippen molar-refractivity contribution in [1.29, 1.82) is 0 Å². The van der Waals surface area contributed by atoms with Crippen LogP contribution in [0.1, 0.15) is 37.5 Å². The molecule has 2 heterocycles. The first-order valence-electron chi connectivity index (χ1n) is 5.82. The molecule has 0 bridgehead atoms. The van der Waals surface area contributed by atoms with Gasteiger partial charge in [0.25, 0.3) is 0 Å². The molecule has 0 aliphatic rings. The molecule has 2 aromatic rings. The molecular weight excluding hydrogens is 226 g/mol. The fraction of sp³-hybridized carbons (Fsp3) is 0.286. The summed E-state index contributed by atoms with van der Waals surface area (Å²) >= 11 is 0. The summed E-state index contributed by atoms with van der Waals surface area (Å²) < 4.78 is 1.86. The van der Waals surface area contributed by atoms with Gasteiger partial charge in [0.1, 0.15) is 17.6 Å². The minimum absolute atomic E-state index is 0.0564. The van der Waals surface area contributed by atoms with Gasteiger partial charge < -0.3 is 9.67 Å². The molecule has 0 aliphatic heterocycles. The molecule has 2 rings (SSSR count). The van der Waals surface area contributed by atoms with E-state index in [0.717, 1.165) is 5.69 Å². The van der Waals surface area contributed by atoms with Gasteiger partial charge in [-0.2, -0.15) is 0 Å². The van der Waals surface area contributed by atoms with E-state index in [4.69, 9.17) is 0 Å². The summed E-state index contributed by atoms with van der Waals surface area (Å²) in [5.41, 5.74) is 0.739. The van der Waals surface area contributed by atoms with Gasteiger partial charge >= 0.3 is 0 Å². The van der Waals surface area contributed by atoms with Crippen molar-refractivity contribution in [1.82, 2.24) is 14.5 Å². The molecule has 0 spiro atoms. The van der Waals surface area contributed by atoms with Gasteiger partial charge in [-0.1, -0.05) is 12.0 Å². The summed E-state index contributed by atoms with van der Waals surface area (Å²) in [6.45, 7) is 3.65. The van der Waals surface area contributed by atoms with Crippen molar-refractivity contribution < 1.29 is 5.11 Å². The van der Waals surface area contributed by atoms with Gasteiger partial charge in [-0.05, 0) is 31.9 Å². The van der Waals surface area contributed by atoms with Crippen molar-refractivity contribution in [3.63, 3.8) is 0 Å². The number of imidazole rings is 1. The van der Waals surface area contributed by atoms with E-state index in [1.54, 1.807) is 19.3 Å². The molecule has 92 valence electrons. The Labute approximate surface area is 106 Å². The Bertz CT molecular complexity index is 563. The van der Waals surface area contributed by atoms with Gasteiger partial charge in [0, 0.05) is 18.6 Å². The van der Waals surface area contributed by atoms with Crippen LogP contribution in [0.2, 0.25) is 0 Å². The molecule has 0 saturated carbocycles. The fourth-order valence-electron chi connectivity index (χ4n) is 1.66. The lowest BCUT2D eigenvalue weighted by atomic mass is 10.2. The first kappa shape index (κ1) is 12.3. The number of aliphatic hydroxyl groups excluding tert-OH is 1. The van der Waals surface area contributed by atoms with Crippen molar-refractivity contribution >= 4 is 0 Å². The van der Waals surface area contributed by atoms with Gasteiger partial charge in [-0.3, -0.25) is 0 Å². The van der Waals surface area contributed by atoms with E-state index in [1.165, 1.54) is 0 Å². The molecular formula is C14H15N3O. The lowest BCUT2D eigenvalue weighted by Crippen LogP contribution is -2.09. The number of rotatable bonds is 2. The van der Waals surface area contributed by atoms with E-state index >= 15 is 0 Å². The van der Waals surface area contributed by atoms with Crippen molar-refractivity contribution in [3.05, 3.63) is 48.3 Å². The normalized spacial score (nSPS) is 13.5. The highest BCUT2D eigenvalue weighted by molar-refractivity contribution is 5.28. The predicted octanol–water partition coefficient (Wildman–Crippen LogP) is 1.94. The lowest BCUT2D eigenvalue weighted by Gasteiger charge is -2.12. The van der Waals surface area contributed by atoms with Crippen LogP contribution in [-0.4, -0.2) is 19.6 Å². The Morgan fingerprint density at radius 2 is 2.06 bits per heavy atom. The number of aliphatic hydroxyl groups is 1. The van der Waals surface area contributed by atoms with Crippen LogP contribution in [-0.2, 0) is 0 Å².